The normalized spacial score (nSPS) is 11.4. The van der Waals surface area contributed by atoms with Gasteiger partial charge < -0.3 is 52.4 Å². The van der Waals surface area contributed by atoms with Gasteiger partial charge in [-0.25, -0.2) is 0 Å². The lowest BCUT2D eigenvalue weighted by molar-refractivity contribution is -0.890. The van der Waals surface area contributed by atoms with Crippen molar-refractivity contribution >= 4 is 11.9 Å². The van der Waals surface area contributed by atoms with Crippen molar-refractivity contribution in [3.05, 3.63) is 0 Å². The van der Waals surface area contributed by atoms with E-state index in [0.717, 1.165) is 73.7 Å². The average molecular weight is 675 g/mol. The topological polar surface area (TPSA) is 52.6 Å². The molecule has 0 aliphatic rings. The molecule has 0 aromatic rings. The number of rotatable bonds is 25. The Morgan fingerprint density at radius 3 is 1.13 bits per heavy atom. The molecule has 0 atom stereocenters. The van der Waals surface area contributed by atoms with Crippen LogP contribution in [0.25, 0.3) is 0 Å². The molecule has 0 saturated heterocycles. The first-order chi connectivity index (χ1) is 17.1. The summed E-state index contributed by atoms with van der Waals surface area (Å²) < 4.78 is 12.7. The minimum atomic E-state index is -0.0634. The van der Waals surface area contributed by atoms with Crippen LogP contribution in [0.4, 0.5) is 0 Å². The molecule has 0 unspecified atom stereocenters. The monoisotopic (exact) mass is 672 g/mol. The van der Waals surface area contributed by atoms with Crippen LogP contribution in [0.15, 0.2) is 0 Å². The predicted molar refractivity (Wildman–Crippen MR) is 151 cm³/mol. The maximum atomic E-state index is 12.0. The summed E-state index contributed by atoms with van der Waals surface area (Å²) in [5.74, 6) is -0.127. The van der Waals surface area contributed by atoms with Gasteiger partial charge in [0.15, 0.2) is 0 Å². The Hall–Kier alpha value is -0.180. The van der Waals surface area contributed by atoms with Gasteiger partial charge in [0.2, 0.25) is 0 Å². The molecule has 0 fully saturated rings. The smallest absolute Gasteiger partial charge is 0.305 e. The minimum Gasteiger partial charge on any atom is -1.00 e. The number of hydrogen-bond donors (Lipinski definition) is 0. The van der Waals surface area contributed by atoms with Gasteiger partial charge in [0.05, 0.1) is 41.3 Å². The molecule has 0 aliphatic heterocycles. The zero-order valence-electron chi connectivity index (χ0n) is 25.8. The maximum Gasteiger partial charge on any atom is 0.305 e. The first-order valence-electron chi connectivity index (χ1n) is 15.1. The van der Waals surface area contributed by atoms with Crippen molar-refractivity contribution in [2.24, 2.45) is 0 Å². The number of hydrogen-bond acceptors (Lipinski definition) is 4. The van der Waals surface area contributed by atoms with Gasteiger partial charge in [-0.05, 0) is 38.5 Å². The van der Waals surface area contributed by atoms with Crippen LogP contribution in [0.3, 0.4) is 0 Å². The van der Waals surface area contributed by atoms with Gasteiger partial charge >= 0.3 is 11.9 Å². The zero-order chi connectivity index (χ0) is 27.1. The second-order valence-corrected chi connectivity index (χ2v) is 11.9. The van der Waals surface area contributed by atoms with Crippen LogP contribution >= 0.6 is 0 Å². The van der Waals surface area contributed by atoms with E-state index in [2.05, 4.69) is 42.0 Å². The lowest BCUT2D eigenvalue weighted by Crippen LogP contribution is -3.00. The molecule has 6 nitrogen and oxygen atoms in total. The summed E-state index contributed by atoms with van der Waals surface area (Å²) >= 11 is 0. The van der Waals surface area contributed by atoms with E-state index in [-0.39, 0.29) is 45.9 Å². The van der Waals surface area contributed by atoms with Crippen LogP contribution < -0.4 is 34.0 Å². The van der Waals surface area contributed by atoms with Gasteiger partial charge in [0.1, 0.15) is 26.3 Å². The number of halogens is 2. The molecule has 0 rings (SSSR count). The van der Waals surface area contributed by atoms with Crippen molar-refractivity contribution < 1.29 is 62.0 Å². The summed E-state index contributed by atoms with van der Waals surface area (Å²) in [6.45, 7) is 9.56. The number of carbonyl (C=O) groups is 2. The third kappa shape index (κ3) is 28.8. The third-order valence-electron chi connectivity index (χ3n) is 7.17. The first kappa shape index (κ1) is 42.3. The number of ether oxygens (including phenoxy) is 2. The number of nitrogens with zero attached hydrogens (tertiary/aromatic N) is 2. The molecule has 0 aromatic heterocycles. The molecular weight excluding hydrogens is 612 g/mol. The standard InChI is InChI=1S/C30H62N2O4.2BrH/c1-7-9-11-19-23-31(3,4)25-27-35-29(33)21-17-15-13-14-16-18-22-30(34)36-28-26-32(5,6)24-20-12-10-8-2;;/h7-28H2,1-6H3;2*1H/q+2;;/p-2. The quantitative estimate of drug-likeness (QED) is 0.0806. The Bertz CT molecular complexity index is 512. The van der Waals surface area contributed by atoms with Crippen LogP contribution in [0.1, 0.15) is 117 Å². The highest BCUT2D eigenvalue weighted by atomic mass is 79.9. The van der Waals surface area contributed by atoms with Gasteiger partial charge in [-0.2, -0.15) is 0 Å². The van der Waals surface area contributed by atoms with Crippen molar-refractivity contribution in [1.82, 2.24) is 0 Å². The molecule has 230 valence electrons. The van der Waals surface area contributed by atoms with E-state index in [1.165, 1.54) is 51.4 Å². The second kappa shape index (κ2) is 27.0. The van der Waals surface area contributed by atoms with E-state index < -0.39 is 0 Å². The molecule has 0 saturated carbocycles. The molecule has 0 N–H and O–H groups in total. The Morgan fingerprint density at radius 2 is 0.789 bits per heavy atom. The van der Waals surface area contributed by atoms with Crippen LogP contribution in [0.5, 0.6) is 0 Å². The highest BCUT2D eigenvalue weighted by Gasteiger charge is 2.16. The number of quaternary nitrogens is 2. The maximum absolute atomic E-state index is 12.0. The zero-order valence-corrected chi connectivity index (χ0v) is 29.0. The van der Waals surface area contributed by atoms with Crippen molar-refractivity contribution in [3.63, 3.8) is 0 Å². The van der Waals surface area contributed by atoms with E-state index in [1.54, 1.807) is 0 Å². The van der Waals surface area contributed by atoms with E-state index in [4.69, 9.17) is 9.47 Å². The molecule has 0 amide bonds. The summed E-state index contributed by atoms with van der Waals surface area (Å²) in [7, 11) is 8.87. The van der Waals surface area contributed by atoms with E-state index in [9.17, 15) is 9.59 Å². The number of likely N-dealkylation sites (N-methyl/N-ethyl adjacent to an activating group) is 2. The van der Waals surface area contributed by atoms with Crippen molar-refractivity contribution in [2.75, 3.05) is 67.6 Å². The Labute approximate surface area is 257 Å². The number of carbonyl (C=O) groups excluding carboxylic acids is 2. The summed E-state index contributed by atoms with van der Waals surface area (Å²) in [6.07, 6.45) is 17.3. The highest BCUT2D eigenvalue weighted by molar-refractivity contribution is 5.69. The fraction of sp³-hybridized carbons (Fsp3) is 0.933. The summed E-state index contributed by atoms with van der Waals surface area (Å²) in [5, 5.41) is 0. The van der Waals surface area contributed by atoms with Crippen LogP contribution in [-0.2, 0) is 19.1 Å². The lowest BCUT2D eigenvalue weighted by atomic mass is 10.1. The first-order valence-corrected chi connectivity index (χ1v) is 15.1. The Kier molecular flexibility index (Phi) is 30.1. The third-order valence-corrected chi connectivity index (χ3v) is 7.17. The predicted octanol–water partition coefficient (Wildman–Crippen LogP) is 0.515. The molecule has 0 aromatic carbocycles. The molecule has 38 heavy (non-hydrogen) atoms. The SMILES string of the molecule is CCCCCC[N+](C)(C)CCOC(=O)CCCCCCCCC(=O)OCC[N+](C)(C)CCCCCC.[Br-].[Br-]. The number of esters is 2. The molecule has 8 heteroatoms. The largest absolute Gasteiger partial charge is 1.00 e. The number of unbranched alkanes of at least 4 members (excludes halogenated alkanes) is 11. The molecule has 0 heterocycles. The van der Waals surface area contributed by atoms with Crippen molar-refractivity contribution in [1.29, 1.82) is 0 Å². The van der Waals surface area contributed by atoms with Crippen molar-refractivity contribution in [2.45, 2.75) is 117 Å². The van der Waals surface area contributed by atoms with Crippen LogP contribution in [0, 0.1) is 0 Å². The summed E-state index contributed by atoms with van der Waals surface area (Å²) in [5.41, 5.74) is 0. The van der Waals surface area contributed by atoms with Crippen LogP contribution in [0.2, 0.25) is 0 Å². The molecule has 0 radical (unpaired) electrons. The Morgan fingerprint density at radius 1 is 0.474 bits per heavy atom. The molecule has 0 bridgehead atoms. The average Bonchev–Trinajstić information content (AvgIpc) is 2.81. The lowest BCUT2D eigenvalue weighted by Gasteiger charge is -2.29. The molecule has 0 spiro atoms. The molecular formula is C30H62Br2N2O4. The van der Waals surface area contributed by atoms with E-state index in [1.807, 2.05) is 0 Å². The highest BCUT2D eigenvalue weighted by Crippen LogP contribution is 2.11. The van der Waals surface area contributed by atoms with Gasteiger partial charge in [-0.15, -0.1) is 0 Å². The summed E-state index contributed by atoms with van der Waals surface area (Å²) in [4.78, 5) is 24.0. The van der Waals surface area contributed by atoms with Crippen molar-refractivity contribution in [3.8, 4) is 0 Å². The van der Waals surface area contributed by atoms with Gasteiger partial charge in [-0.1, -0.05) is 65.2 Å². The van der Waals surface area contributed by atoms with E-state index >= 15 is 0 Å². The van der Waals surface area contributed by atoms with E-state index in [0.29, 0.717) is 26.1 Å². The minimum absolute atomic E-state index is 0. The summed E-state index contributed by atoms with van der Waals surface area (Å²) in [6, 6.07) is 0. The second-order valence-electron chi connectivity index (χ2n) is 11.9. The van der Waals surface area contributed by atoms with Gasteiger partial charge in [-0.3, -0.25) is 9.59 Å². The molecule has 0 aliphatic carbocycles. The fourth-order valence-corrected chi connectivity index (χ4v) is 4.36. The van der Waals surface area contributed by atoms with Gasteiger partial charge in [0.25, 0.3) is 0 Å². The van der Waals surface area contributed by atoms with Crippen LogP contribution in [-0.4, -0.2) is 88.5 Å². The van der Waals surface area contributed by atoms with Gasteiger partial charge in [0, 0.05) is 12.8 Å². The fourth-order valence-electron chi connectivity index (χ4n) is 4.36. The Balaban J connectivity index is -0.00000612.